The number of ether oxygens (including phenoxy) is 2. The second kappa shape index (κ2) is 12.7. The summed E-state index contributed by atoms with van der Waals surface area (Å²) in [5.41, 5.74) is 2.35. The summed E-state index contributed by atoms with van der Waals surface area (Å²) in [5, 5.41) is 1.16. The molecule has 228 valence electrons. The highest BCUT2D eigenvalue weighted by Crippen LogP contribution is 2.46. The SMILES string of the molecule is COc1ccc(C2=NC(c3ccc(Cl)cc3)C(c3ccc(Cl)cc3)N2C(=O)N2CCN(S(C)(=O)=O)CC2)c(OC(C)C)c1. The molecule has 0 bridgehead atoms. The number of carbonyl (C=O) groups excluding carboxylic acids is 1. The van der Waals surface area contributed by atoms with Crippen LogP contribution in [0.4, 0.5) is 4.79 Å². The quantitative estimate of drug-likeness (QED) is 0.313. The Labute approximate surface area is 262 Å². The molecule has 3 aromatic carbocycles. The maximum absolute atomic E-state index is 14.6. The zero-order chi connectivity index (χ0) is 30.9. The average Bonchev–Trinajstić information content (AvgIpc) is 3.37. The standard InChI is InChI=1S/C31H34Cl2N4O5S/c1-20(2)42-27-19-25(41-3)13-14-26(27)30-34-28(21-5-9-23(32)10-6-21)29(22-7-11-24(33)12-8-22)37(30)31(38)35-15-17-36(18-16-35)43(4,39)40/h5-14,19-20,28-29H,15-18H2,1-4H3. The summed E-state index contributed by atoms with van der Waals surface area (Å²) >= 11 is 12.5. The summed E-state index contributed by atoms with van der Waals surface area (Å²) in [6, 6.07) is 19.0. The Morgan fingerprint density at radius 1 is 0.907 bits per heavy atom. The van der Waals surface area contributed by atoms with E-state index >= 15 is 0 Å². The number of piperazine rings is 1. The van der Waals surface area contributed by atoms with Crippen LogP contribution in [0.5, 0.6) is 11.5 Å². The molecule has 2 amide bonds. The molecule has 2 aliphatic rings. The zero-order valence-corrected chi connectivity index (χ0v) is 26.7. The summed E-state index contributed by atoms with van der Waals surface area (Å²) in [4.78, 5) is 23.2. The molecular formula is C31H34Cl2N4O5S. The van der Waals surface area contributed by atoms with Gasteiger partial charge in [-0.1, -0.05) is 47.5 Å². The van der Waals surface area contributed by atoms with Gasteiger partial charge in [-0.25, -0.2) is 13.2 Å². The fraction of sp³-hybridized carbons (Fsp3) is 0.355. The zero-order valence-electron chi connectivity index (χ0n) is 24.4. The average molecular weight is 646 g/mol. The number of amides is 2. The molecule has 2 aliphatic heterocycles. The van der Waals surface area contributed by atoms with Gasteiger partial charge in [-0.3, -0.25) is 9.89 Å². The predicted molar refractivity (Wildman–Crippen MR) is 169 cm³/mol. The van der Waals surface area contributed by atoms with Crippen LogP contribution >= 0.6 is 23.2 Å². The Morgan fingerprint density at radius 3 is 2.02 bits per heavy atom. The predicted octanol–water partition coefficient (Wildman–Crippen LogP) is 6.03. The molecular weight excluding hydrogens is 611 g/mol. The summed E-state index contributed by atoms with van der Waals surface area (Å²) in [6.07, 6.45) is 1.03. The van der Waals surface area contributed by atoms with Crippen molar-refractivity contribution in [2.75, 3.05) is 39.5 Å². The molecule has 3 aromatic rings. The van der Waals surface area contributed by atoms with Gasteiger partial charge in [0.15, 0.2) is 0 Å². The Hall–Kier alpha value is -3.31. The summed E-state index contributed by atoms with van der Waals surface area (Å²) in [6.45, 7) is 4.76. The Balaban J connectivity index is 1.66. The second-order valence-electron chi connectivity index (χ2n) is 10.8. The van der Waals surface area contributed by atoms with E-state index in [1.54, 1.807) is 47.2 Å². The van der Waals surface area contributed by atoms with Crippen molar-refractivity contribution < 1.29 is 22.7 Å². The minimum absolute atomic E-state index is 0.153. The molecule has 2 heterocycles. The van der Waals surface area contributed by atoms with Gasteiger partial charge in [0.25, 0.3) is 0 Å². The van der Waals surface area contributed by atoms with Crippen LogP contribution in [0.3, 0.4) is 0 Å². The molecule has 9 nitrogen and oxygen atoms in total. The van der Waals surface area contributed by atoms with Crippen LogP contribution in [0.1, 0.15) is 42.6 Å². The van der Waals surface area contributed by atoms with Crippen molar-refractivity contribution in [1.82, 2.24) is 14.1 Å². The Morgan fingerprint density at radius 2 is 1.49 bits per heavy atom. The van der Waals surface area contributed by atoms with E-state index in [2.05, 4.69) is 0 Å². The molecule has 12 heteroatoms. The van der Waals surface area contributed by atoms with Gasteiger partial charge in [0.05, 0.1) is 31.1 Å². The van der Waals surface area contributed by atoms with E-state index in [0.29, 0.717) is 32.9 Å². The van der Waals surface area contributed by atoms with Crippen LogP contribution in [0.25, 0.3) is 0 Å². The molecule has 0 N–H and O–H groups in total. The number of sulfonamides is 1. The number of benzene rings is 3. The second-order valence-corrected chi connectivity index (χ2v) is 13.6. The van der Waals surface area contributed by atoms with Crippen molar-refractivity contribution in [3.05, 3.63) is 93.5 Å². The number of methoxy groups -OCH3 is 1. The van der Waals surface area contributed by atoms with Crippen molar-refractivity contribution in [1.29, 1.82) is 0 Å². The van der Waals surface area contributed by atoms with E-state index in [9.17, 15) is 13.2 Å². The molecule has 2 atom stereocenters. The largest absolute Gasteiger partial charge is 0.497 e. The summed E-state index contributed by atoms with van der Waals surface area (Å²) < 4.78 is 37.4. The van der Waals surface area contributed by atoms with Crippen LogP contribution in [0, 0.1) is 0 Å². The van der Waals surface area contributed by atoms with Gasteiger partial charge in [0.1, 0.15) is 23.4 Å². The molecule has 1 saturated heterocycles. The number of hydrogen-bond donors (Lipinski definition) is 0. The van der Waals surface area contributed by atoms with E-state index in [1.807, 2.05) is 50.2 Å². The number of rotatable bonds is 7. The maximum atomic E-state index is 14.6. The fourth-order valence-corrected chi connectivity index (χ4v) is 6.46. The third kappa shape index (κ3) is 6.77. The number of hydrogen-bond acceptors (Lipinski definition) is 6. The van der Waals surface area contributed by atoms with Gasteiger partial charge in [-0.05, 0) is 61.4 Å². The van der Waals surface area contributed by atoms with Gasteiger partial charge < -0.3 is 14.4 Å². The Kier molecular flexibility index (Phi) is 9.22. The molecule has 0 saturated carbocycles. The van der Waals surface area contributed by atoms with E-state index in [4.69, 9.17) is 37.7 Å². The first-order valence-corrected chi connectivity index (χ1v) is 16.5. The van der Waals surface area contributed by atoms with E-state index < -0.39 is 22.1 Å². The number of amidine groups is 1. The smallest absolute Gasteiger partial charge is 0.326 e. The van der Waals surface area contributed by atoms with Gasteiger partial charge in [0, 0.05) is 42.3 Å². The van der Waals surface area contributed by atoms with Crippen LogP contribution in [-0.2, 0) is 10.0 Å². The molecule has 0 aliphatic carbocycles. The number of halogens is 2. The lowest BCUT2D eigenvalue weighted by molar-refractivity contribution is 0.143. The van der Waals surface area contributed by atoms with Crippen molar-refractivity contribution in [3.8, 4) is 11.5 Å². The summed E-state index contributed by atoms with van der Waals surface area (Å²) in [7, 11) is -1.79. The number of urea groups is 1. The first-order chi connectivity index (χ1) is 20.5. The van der Waals surface area contributed by atoms with Crippen molar-refractivity contribution in [2.24, 2.45) is 4.99 Å². The number of aliphatic imine (C=N–C) groups is 1. The highest BCUT2D eigenvalue weighted by atomic mass is 35.5. The molecule has 2 unspecified atom stereocenters. The highest BCUT2D eigenvalue weighted by Gasteiger charge is 2.45. The highest BCUT2D eigenvalue weighted by molar-refractivity contribution is 7.88. The third-order valence-corrected chi connectivity index (χ3v) is 9.27. The fourth-order valence-electron chi connectivity index (χ4n) is 5.38. The topological polar surface area (TPSA) is 91.8 Å². The van der Waals surface area contributed by atoms with Crippen LogP contribution in [0.15, 0.2) is 71.7 Å². The van der Waals surface area contributed by atoms with Crippen LogP contribution in [-0.4, -0.2) is 80.0 Å². The van der Waals surface area contributed by atoms with Crippen LogP contribution < -0.4 is 9.47 Å². The first kappa shape index (κ1) is 31.1. The lowest BCUT2D eigenvalue weighted by Gasteiger charge is -2.38. The van der Waals surface area contributed by atoms with Gasteiger partial charge in [-0.2, -0.15) is 4.31 Å². The first-order valence-electron chi connectivity index (χ1n) is 13.9. The molecule has 43 heavy (non-hydrogen) atoms. The third-order valence-electron chi connectivity index (χ3n) is 7.47. The van der Waals surface area contributed by atoms with E-state index in [0.717, 1.165) is 11.1 Å². The molecule has 0 spiro atoms. The number of nitrogens with zero attached hydrogens (tertiary/aromatic N) is 4. The Bertz CT molecular complexity index is 1610. The van der Waals surface area contributed by atoms with Gasteiger partial charge in [-0.15, -0.1) is 0 Å². The molecule has 5 rings (SSSR count). The van der Waals surface area contributed by atoms with E-state index in [-0.39, 0.29) is 38.3 Å². The minimum Gasteiger partial charge on any atom is -0.497 e. The molecule has 0 aromatic heterocycles. The maximum Gasteiger partial charge on any atom is 0.326 e. The van der Waals surface area contributed by atoms with Crippen molar-refractivity contribution in [3.63, 3.8) is 0 Å². The van der Waals surface area contributed by atoms with Crippen LogP contribution in [0.2, 0.25) is 10.0 Å². The van der Waals surface area contributed by atoms with Gasteiger partial charge >= 0.3 is 6.03 Å². The lowest BCUT2D eigenvalue weighted by atomic mass is 9.93. The van der Waals surface area contributed by atoms with Crippen molar-refractivity contribution >= 4 is 45.1 Å². The van der Waals surface area contributed by atoms with E-state index in [1.165, 1.54) is 10.6 Å². The van der Waals surface area contributed by atoms with Crippen molar-refractivity contribution in [2.45, 2.75) is 32.0 Å². The summed E-state index contributed by atoms with van der Waals surface area (Å²) in [5.74, 6) is 1.57. The minimum atomic E-state index is -3.37. The normalized spacial score (nSPS) is 19.5. The molecule has 1 fully saturated rings. The molecule has 0 radical (unpaired) electrons. The lowest BCUT2D eigenvalue weighted by Crippen LogP contribution is -2.55. The number of carbonyl (C=O) groups is 1. The van der Waals surface area contributed by atoms with Gasteiger partial charge in [0.2, 0.25) is 10.0 Å². The monoisotopic (exact) mass is 644 g/mol.